The van der Waals surface area contributed by atoms with E-state index in [0.29, 0.717) is 11.3 Å². The Bertz CT molecular complexity index is 1280. The highest BCUT2D eigenvalue weighted by molar-refractivity contribution is 7.87. The monoisotopic (exact) mass is 481 g/mol. The van der Waals surface area contributed by atoms with Crippen LogP contribution < -0.4 is 4.74 Å². The molecule has 2 heterocycles. The maximum atomic E-state index is 12.6. The summed E-state index contributed by atoms with van der Waals surface area (Å²) in [5.41, 5.74) is 0.397. The minimum absolute atomic E-state index is 0.0161. The lowest BCUT2D eigenvalue weighted by Gasteiger charge is -2.12. The number of rotatable bonds is 8. The number of Topliss-reactive ketones (excluding diaryl/α,β-unsaturated/α-hetero) is 1. The summed E-state index contributed by atoms with van der Waals surface area (Å²) in [6, 6.07) is 8.98. The molecule has 1 amide bonds. The molecule has 1 fully saturated rings. The summed E-state index contributed by atoms with van der Waals surface area (Å²) in [5, 5.41) is 7.28. The van der Waals surface area contributed by atoms with Crippen molar-refractivity contribution in [1.29, 1.82) is 0 Å². The van der Waals surface area contributed by atoms with Crippen molar-refractivity contribution in [2.24, 2.45) is 0 Å². The van der Waals surface area contributed by atoms with Crippen molar-refractivity contribution in [2.45, 2.75) is 11.0 Å². The van der Waals surface area contributed by atoms with Gasteiger partial charge in [0.15, 0.2) is 16.8 Å². The lowest BCUT2D eigenvalue weighted by atomic mass is 10.1. The Balaban J connectivity index is 1.38. The van der Waals surface area contributed by atoms with Crippen molar-refractivity contribution in [2.75, 3.05) is 26.8 Å². The second-order valence-electron chi connectivity index (χ2n) is 6.78. The summed E-state index contributed by atoms with van der Waals surface area (Å²) >= 11 is 5.94. The molecular weight excluding hydrogens is 466 g/mol. The van der Waals surface area contributed by atoms with Crippen LogP contribution in [0.15, 0.2) is 45.9 Å². The van der Waals surface area contributed by atoms with Crippen LogP contribution in [0.5, 0.6) is 5.75 Å². The smallest absolute Gasteiger partial charge is 0.410 e. The van der Waals surface area contributed by atoms with Crippen LogP contribution in [-0.4, -0.2) is 68.4 Å². The fourth-order valence-electron chi connectivity index (χ4n) is 3.08. The minimum Gasteiger partial charge on any atom is -0.497 e. The van der Waals surface area contributed by atoms with Gasteiger partial charge in [-0.15, -0.1) is 0 Å². The maximum Gasteiger partial charge on any atom is 0.410 e. The van der Waals surface area contributed by atoms with Crippen molar-refractivity contribution >= 4 is 44.6 Å². The van der Waals surface area contributed by atoms with Gasteiger partial charge in [-0.3, -0.25) is 13.9 Å². The number of nitrogens with zero attached hydrogens (tertiary/aromatic N) is 3. The lowest BCUT2D eigenvalue weighted by molar-refractivity contribution is 0.0932. The van der Waals surface area contributed by atoms with Gasteiger partial charge in [0.1, 0.15) is 23.4 Å². The fourth-order valence-corrected chi connectivity index (χ4v) is 4.33. The van der Waals surface area contributed by atoms with Gasteiger partial charge in [0.25, 0.3) is 10.1 Å². The molecule has 0 aliphatic carbocycles. The number of halogens is 1. The molecule has 32 heavy (non-hydrogen) atoms. The van der Waals surface area contributed by atoms with E-state index in [9.17, 15) is 18.0 Å². The predicted molar refractivity (Wildman–Crippen MR) is 109 cm³/mol. The number of cyclic esters (lactones) is 1. The van der Waals surface area contributed by atoms with Crippen LogP contribution in [0.2, 0.25) is 5.02 Å². The molecule has 1 aliphatic rings. The molecule has 0 saturated carbocycles. The number of aromatic nitrogens is 2. The van der Waals surface area contributed by atoms with E-state index in [1.165, 1.54) is 24.1 Å². The molecule has 168 valence electrons. The van der Waals surface area contributed by atoms with E-state index in [1.54, 1.807) is 24.3 Å². The minimum atomic E-state index is -4.28. The van der Waals surface area contributed by atoms with Crippen LogP contribution in [0, 0.1) is 0 Å². The highest BCUT2D eigenvalue weighted by Gasteiger charge is 2.34. The average Bonchev–Trinajstić information content (AvgIpc) is 3.40. The Morgan fingerprint density at radius 2 is 1.91 bits per heavy atom. The van der Waals surface area contributed by atoms with E-state index in [2.05, 4.69) is 14.9 Å². The van der Waals surface area contributed by atoms with Gasteiger partial charge in [-0.25, -0.2) is 9.42 Å². The third-order valence-corrected chi connectivity index (χ3v) is 6.32. The molecule has 4 rings (SSSR count). The van der Waals surface area contributed by atoms with Gasteiger partial charge in [-0.05, 0) is 46.7 Å². The van der Waals surface area contributed by atoms with Crippen molar-refractivity contribution in [3.05, 3.63) is 47.0 Å². The number of ketones is 1. The fraction of sp³-hybridized carbons (Fsp3) is 0.263. The third kappa shape index (κ3) is 4.38. The van der Waals surface area contributed by atoms with Gasteiger partial charge in [0, 0.05) is 5.56 Å². The Kier molecular flexibility index (Phi) is 6.00. The Morgan fingerprint density at radius 3 is 2.62 bits per heavy atom. The first-order valence-corrected chi connectivity index (χ1v) is 11.0. The van der Waals surface area contributed by atoms with E-state index in [4.69, 9.17) is 25.3 Å². The van der Waals surface area contributed by atoms with Gasteiger partial charge in [0.05, 0.1) is 25.2 Å². The van der Waals surface area contributed by atoms with Crippen molar-refractivity contribution in [3.8, 4) is 5.75 Å². The van der Waals surface area contributed by atoms with E-state index >= 15 is 0 Å². The zero-order valence-electron chi connectivity index (χ0n) is 16.6. The molecule has 0 N–H and O–H groups in total. The molecule has 0 unspecified atom stereocenters. The predicted octanol–water partition coefficient (Wildman–Crippen LogP) is 2.29. The Morgan fingerprint density at radius 1 is 1.19 bits per heavy atom. The Hall–Kier alpha value is -3.22. The van der Waals surface area contributed by atoms with Gasteiger partial charge < -0.3 is 9.47 Å². The number of carbonyl (C=O) groups is 2. The van der Waals surface area contributed by atoms with E-state index in [1.807, 2.05) is 0 Å². The molecule has 2 aromatic carbocycles. The van der Waals surface area contributed by atoms with Crippen molar-refractivity contribution < 1.29 is 36.3 Å². The molecule has 1 saturated heterocycles. The third-order valence-electron chi connectivity index (χ3n) is 4.70. The maximum absolute atomic E-state index is 12.6. The number of ether oxygens (including phenoxy) is 2. The number of hydrogen-bond acceptors (Lipinski definition) is 10. The van der Waals surface area contributed by atoms with Crippen LogP contribution in [0.4, 0.5) is 4.79 Å². The number of fused-ring (bicyclic) bond motifs is 1. The topological polar surface area (TPSA) is 138 Å². The molecule has 1 aliphatic heterocycles. The molecule has 11 nitrogen and oxygen atoms in total. The van der Waals surface area contributed by atoms with Crippen molar-refractivity contribution in [3.63, 3.8) is 0 Å². The summed E-state index contributed by atoms with van der Waals surface area (Å²) in [6.45, 7) is -0.689. The summed E-state index contributed by atoms with van der Waals surface area (Å²) < 4.78 is 45.0. The van der Waals surface area contributed by atoms with Crippen LogP contribution in [0.25, 0.3) is 11.0 Å². The average molecular weight is 482 g/mol. The number of amides is 1. The SMILES string of the molecule is COc1ccc(C(=O)CN2C[C@@H](COS(=O)(=O)c3ccc(Cl)c4nonc34)OC2=O)cc1. The second-order valence-corrected chi connectivity index (χ2v) is 8.77. The summed E-state index contributed by atoms with van der Waals surface area (Å²) in [4.78, 5) is 25.4. The van der Waals surface area contributed by atoms with Crippen LogP contribution in [-0.2, 0) is 19.0 Å². The molecule has 0 bridgehead atoms. The molecule has 1 atom stereocenters. The van der Waals surface area contributed by atoms with Crippen LogP contribution in [0.1, 0.15) is 10.4 Å². The van der Waals surface area contributed by atoms with Crippen LogP contribution in [0.3, 0.4) is 0 Å². The van der Waals surface area contributed by atoms with E-state index in [-0.39, 0.29) is 39.8 Å². The van der Waals surface area contributed by atoms with E-state index < -0.39 is 28.9 Å². The quantitative estimate of drug-likeness (QED) is 0.348. The Labute approximate surface area is 186 Å². The van der Waals surface area contributed by atoms with E-state index in [0.717, 1.165) is 0 Å². The number of benzene rings is 2. The summed E-state index contributed by atoms with van der Waals surface area (Å²) in [5.74, 6) is 0.292. The summed E-state index contributed by atoms with van der Waals surface area (Å²) in [6.07, 6.45) is -1.63. The number of hydrogen-bond donors (Lipinski definition) is 0. The van der Waals surface area contributed by atoms with Gasteiger partial charge in [-0.2, -0.15) is 8.42 Å². The summed E-state index contributed by atoms with van der Waals surface area (Å²) in [7, 11) is -2.77. The first kappa shape index (κ1) is 22.0. The van der Waals surface area contributed by atoms with Crippen molar-refractivity contribution in [1.82, 2.24) is 15.2 Å². The van der Waals surface area contributed by atoms with Gasteiger partial charge in [0.2, 0.25) is 0 Å². The lowest BCUT2D eigenvalue weighted by Crippen LogP contribution is -2.32. The largest absolute Gasteiger partial charge is 0.497 e. The highest BCUT2D eigenvalue weighted by Crippen LogP contribution is 2.28. The molecule has 13 heteroatoms. The van der Waals surface area contributed by atoms with Gasteiger partial charge in [-0.1, -0.05) is 11.6 Å². The standard InChI is InChI=1S/C19H16ClN3O8S/c1-28-12-4-2-11(3-5-12)15(24)9-23-8-13(30-19(23)25)10-29-32(26,27)16-7-6-14(20)17-18(16)22-31-21-17/h2-7,13H,8-10H2,1H3/t13-/m0/s1. The first-order valence-electron chi connectivity index (χ1n) is 9.21. The molecule has 0 radical (unpaired) electrons. The second kappa shape index (κ2) is 8.73. The molecule has 3 aromatic rings. The number of carbonyl (C=O) groups excluding carboxylic acids is 2. The highest BCUT2D eigenvalue weighted by atomic mass is 35.5. The molecule has 1 aromatic heterocycles. The van der Waals surface area contributed by atoms with Gasteiger partial charge >= 0.3 is 6.09 Å². The zero-order valence-corrected chi connectivity index (χ0v) is 18.1. The molecule has 0 spiro atoms. The first-order chi connectivity index (χ1) is 15.3. The normalized spacial score (nSPS) is 16.4. The van der Waals surface area contributed by atoms with Crippen LogP contribution >= 0.6 is 11.6 Å². The molecular formula is C19H16ClN3O8S. The number of methoxy groups -OCH3 is 1. The zero-order chi connectivity index (χ0) is 22.9.